The molecule has 0 heterocycles. The van der Waals surface area contributed by atoms with Crippen molar-refractivity contribution in [1.29, 1.82) is 0 Å². The van der Waals surface area contributed by atoms with Gasteiger partial charge in [-0.3, -0.25) is 9.59 Å². The Bertz CT molecular complexity index is 344. The number of hydroxylamine groups is 1. The van der Waals surface area contributed by atoms with Gasteiger partial charge in [-0.2, -0.15) is 0 Å². The molecule has 0 aromatic heterocycles. The van der Waals surface area contributed by atoms with Crippen LogP contribution in [0.4, 0.5) is 0 Å². The van der Waals surface area contributed by atoms with E-state index >= 15 is 0 Å². The standard InChI is InChI=1S/C13H25NO5Si/c1-5-20(6-2)14(19-9-10(3)4)11(13(17)18)7-8-12(15)16/h11,20H,3,5-9H2,1-2,4H3,(H,15,16)(H,17,18). The Morgan fingerprint density at radius 2 is 1.85 bits per heavy atom. The van der Waals surface area contributed by atoms with E-state index in [9.17, 15) is 14.7 Å². The van der Waals surface area contributed by atoms with Gasteiger partial charge in [0.1, 0.15) is 15.0 Å². The molecule has 0 aromatic rings. The molecule has 0 amide bonds. The Balaban J connectivity index is 5.01. The van der Waals surface area contributed by atoms with E-state index < -0.39 is 26.9 Å². The summed E-state index contributed by atoms with van der Waals surface area (Å²) in [4.78, 5) is 27.7. The van der Waals surface area contributed by atoms with Crippen LogP contribution in [0.3, 0.4) is 0 Å². The summed E-state index contributed by atoms with van der Waals surface area (Å²) >= 11 is 0. The molecule has 6 nitrogen and oxygen atoms in total. The monoisotopic (exact) mass is 303 g/mol. The van der Waals surface area contributed by atoms with Gasteiger partial charge < -0.3 is 15.1 Å². The van der Waals surface area contributed by atoms with Gasteiger partial charge in [0.25, 0.3) is 0 Å². The Morgan fingerprint density at radius 1 is 1.30 bits per heavy atom. The van der Waals surface area contributed by atoms with Crippen LogP contribution >= 0.6 is 0 Å². The molecule has 0 saturated carbocycles. The maximum absolute atomic E-state index is 11.4. The molecule has 0 saturated heterocycles. The minimum absolute atomic E-state index is 0.0460. The molecule has 116 valence electrons. The maximum Gasteiger partial charge on any atom is 0.322 e. The normalized spacial score (nSPS) is 12.7. The molecule has 0 radical (unpaired) electrons. The molecule has 0 aliphatic heterocycles. The molecular formula is C13H25NO5Si. The van der Waals surface area contributed by atoms with Crippen LogP contribution in [0.5, 0.6) is 0 Å². The molecule has 0 rings (SSSR count). The van der Waals surface area contributed by atoms with Gasteiger partial charge in [-0.1, -0.05) is 26.0 Å². The van der Waals surface area contributed by atoms with Crippen molar-refractivity contribution >= 4 is 20.9 Å². The van der Waals surface area contributed by atoms with Crippen LogP contribution in [0.25, 0.3) is 0 Å². The quantitative estimate of drug-likeness (QED) is 0.344. The van der Waals surface area contributed by atoms with E-state index in [0.29, 0.717) is 0 Å². The molecule has 1 unspecified atom stereocenters. The van der Waals surface area contributed by atoms with Gasteiger partial charge in [-0.25, -0.2) is 4.73 Å². The second-order valence-electron chi connectivity index (χ2n) is 4.85. The largest absolute Gasteiger partial charge is 0.481 e. The molecule has 0 fully saturated rings. The number of hydrogen-bond donors (Lipinski definition) is 2. The number of hydrogen-bond acceptors (Lipinski definition) is 4. The highest BCUT2D eigenvalue weighted by Gasteiger charge is 2.32. The Morgan fingerprint density at radius 3 is 2.20 bits per heavy atom. The van der Waals surface area contributed by atoms with Crippen LogP contribution < -0.4 is 0 Å². The van der Waals surface area contributed by atoms with Crippen molar-refractivity contribution in [2.75, 3.05) is 6.61 Å². The van der Waals surface area contributed by atoms with E-state index in [1.54, 1.807) is 11.7 Å². The fraction of sp³-hybridized carbons (Fsp3) is 0.692. The third-order valence-electron chi connectivity index (χ3n) is 2.99. The summed E-state index contributed by atoms with van der Waals surface area (Å²) in [5.41, 5.74) is 0.803. The SMILES string of the molecule is C=C(C)CON(C(CCC(=O)O)C(=O)O)[SiH](CC)CC. The molecule has 2 N–H and O–H groups in total. The number of rotatable bonds is 11. The lowest BCUT2D eigenvalue weighted by molar-refractivity contribution is -0.164. The summed E-state index contributed by atoms with van der Waals surface area (Å²) in [6.07, 6.45) is -0.136. The third-order valence-corrected chi connectivity index (χ3v) is 6.10. The first kappa shape index (κ1) is 18.8. The van der Waals surface area contributed by atoms with Gasteiger partial charge in [0.15, 0.2) is 0 Å². The van der Waals surface area contributed by atoms with Crippen molar-refractivity contribution in [1.82, 2.24) is 4.73 Å². The topological polar surface area (TPSA) is 87.1 Å². The zero-order chi connectivity index (χ0) is 15.7. The van der Waals surface area contributed by atoms with E-state index in [2.05, 4.69) is 6.58 Å². The first-order valence-electron chi connectivity index (χ1n) is 6.83. The summed E-state index contributed by atoms with van der Waals surface area (Å²) in [6.45, 7) is 9.82. The van der Waals surface area contributed by atoms with E-state index in [1.165, 1.54) is 0 Å². The smallest absolute Gasteiger partial charge is 0.322 e. The van der Waals surface area contributed by atoms with E-state index in [4.69, 9.17) is 9.94 Å². The molecule has 0 aliphatic carbocycles. The predicted octanol–water partition coefficient (Wildman–Crippen LogP) is 1.88. The van der Waals surface area contributed by atoms with Crippen molar-refractivity contribution in [3.05, 3.63) is 12.2 Å². The zero-order valence-electron chi connectivity index (χ0n) is 12.5. The first-order valence-corrected chi connectivity index (χ1v) is 8.98. The summed E-state index contributed by atoms with van der Waals surface area (Å²) in [6, 6.07) is 0.828. The third kappa shape index (κ3) is 6.83. The fourth-order valence-corrected chi connectivity index (χ4v) is 4.27. The highest BCUT2D eigenvalue weighted by molar-refractivity contribution is 6.55. The van der Waals surface area contributed by atoms with Crippen molar-refractivity contribution in [3.63, 3.8) is 0 Å². The van der Waals surface area contributed by atoms with Crippen LogP contribution in [-0.2, 0) is 14.4 Å². The van der Waals surface area contributed by atoms with E-state index in [1.807, 2.05) is 13.8 Å². The lowest BCUT2D eigenvalue weighted by Crippen LogP contribution is -2.49. The van der Waals surface area contributed by atoms with Crippen LogP contribution in [0.15, 0.2) is 12.2 Å². The van der Waals surface area contributed by atoms with Crippen LogP contribution in [0.1, 0.15) is 33.6 Å². The Kier molecular flexibility index (Phi) is 9.11. The first-order chi connectivity index (χ1) is 9.33. The molecule has 1 atom stereocenters. The predicted molar refractivity (Wildman–Crippen MR) is 79.0 cm³/mol. The zero-order valence-corrected chi connectivity index (χ0v) is 13.6. The number of carboxylic acid groups (broad SMARTS) is 2. The van der Waals surface area contributed by atoms with Gasteiger partial charge in [0, 0.05) is 6.42 Å². The number of nitrogens with zero attached hydrogens (tertiary/aromatic N) is 1. The minimum Gasteiger partial charge on any atom is -0.481 e. The van der Waals surface area contributed by atoms with Gasteiger partial charge in [0.05, 0.1) is 6.61 Å². The second-order valence-corrected chi connectivity index (χ2v) is 8.30. The van der Waals surface area contributed by atoms with Crippen molar-refractivity contribution in [3.8, 4) is 0 Å². The summed E-state index contributed by atoms with van der Waals surface area (Å²) in [5.74, 6) is -2.03. The molecular weight excluding hydrogens is 278 g/mol. The van der Waals surface area contributed by atoms with Gasteiger partial charge in [0.2, 0.25) is 0 Å². The van der Waals surface area contributed by atoms with Crippen molar-refractivity contribution in [2.24, 2.45) is 0 Å². The van der Waals surface area contributed by atoms with Gasteiger partial charge in [-0.05, 0) is 25.4 Å². The van der Waals surface area contributed by atoms with Crippen LogP contribution in [-0.4, -0.2) is 48.5 Å². The van der Waals surface area contributed by atoms with Crippen molar-refractivity contribution < 1.29 is 24.6 Å². The molecule has 7 heteroatoms. The summed E-state index contributed by atoms with van der Waals surface area (Å²) in [5, 5.41) is 18.1. The van der Waals surface area contributed by atoms with Gasteiger partial charge >= 0.3 is 11.9 Å². The Labute approximate surface area is 121 Å². The molecule has 0 spiro atoms. The number of carboxylic acids is 2. The summed E-state index contributed by atoms with van der Waals surface area (Å²) < 4.78 is 1.57. The maximum atomic E-state index is 11.4. The minimum atomic E-state index is -1.55. The molecule has 0 aliphatic rings. The van der Waals surface area contributed by atoms with E-state index in [0.717, 1.165) is 17.7 Å². The average molecular weight is 303 g/mol. The van der Waals surface area contributed by atoms with Crippen LogP contribution in [0.2, 0.25) is 12.1 Å². The highest BCUT2D eigenvalue weighted by Crippen LogP contribution is 2.16. The van der Waals surface area contributed by atoms with Crippen molar-refractivity contribution in [2.45, 2.75) is 51.7 Å². The lowest BCUT2D eigenvalue weighted by atomic mass is 10.2. The van der Waals surface area contributed by atoms with Crippen LogP contribution in [0, 0.1) is 0 Å². The summed E-state index contributed by atoms with van der Waals surface area (Å²) in [7, 11) is -1.55. The molecule has 20 heavy (non-hydrogen) atoms. The highest BCUT2D eigenvalue weighted by atomic mass is 28.3. The lowest BCUT2D eigenvalue weighted by Gasteiger charge is -2.33. The molecule has 0 aromatic carbocycles. The molecule has 0 bridgehead atoms. The number of aliphatic carboxylic acids is 2. The average Bonchev–Trinajstić information content (AvgIpc) is 2.35. The second kappa shape index (κ2) is 9.68. The van der Waals surface area contributed by atoms with Gasteiger partial charge in [-0.15, -0.1) is 0 Å². The Hall–Kier alpha value is -1.18. The number of carbonyl (C=O) groups is 2. The van der Waals surface area contributed by atoms with E-state index in [-0.39, 0.29) is 19.4 Å². The fourth-order valence-electron chi connectivity index (χ4n) is 1.90.